The van der Waals surface area contributed by atoms with Crippen molar-refractivity contribution in [1.82, 2.24) is 5.32 Å². The van der Waals surface area contributed by atoms with Crippen LogP contribution < -0.4 is 10.2 Å². The van der Waals surface area contributed by atoms with Gasteiger partial charge in [-0.1, -0.05) is 18.2 Å². The zero-order chi connectivity index (χ0) is 13.4. The predicted molar refractivity (Wildman–Crippen MR) is 73.5 cm³/mol. The Morgan fingerprint density at radius 2 is 2.00 bits per heavy atom. The lowest BCUT2D eigenvalue weighted by Gasteiger charge is -2.18. The minimum absolute atomic E-state index is 0.0346. The molecule has 0 heterocycles. The largest absolute Gasteiger partial charge is 0.374 e. The zero-order valence-electron chi connectivity index (χ0n) is 10.7. The Morgan fingerprint density at radius 1 is 1.33 bits per heavy atom. The Kier molecular flexibility index (Phi) is 5.64. The van der Waals surface area contributed by atoms with Crippen molar-refractivity contribution in [2.24, 2.45) is 0 Å². The van der Waals surface area contributed by atoms with Crippen LogP contribution in [0.15, 0.2) is 30.3 Å². The highest BCUT2D eigenvalue weighted by Crippen LogP contribution is 2.14. The first-order chi connectivity index (χ1) is 8.67. The normalized spacial score (nSPS) is 10.3. The number of nitrogens with one attached hydrogen (secondary N) is 1. The summed E-state index contributed by atoms with van der Waals surface area (Å²) in [6.07, 6.45) is 4.44. The van der Waals surface area contributed by atoms with Crippen LogP contribution in [0.5, 0.6) is 0 Å². The van der Waals surface area contributed by atoms with Crippen LogP contribution in [0.4, 0.5) is 5.69 Å². The number of nitrogens with zero attached hydrogens (tertiary/aromatic N) is 1. The molecule has 0 fully saturated rings. The molecule has 4 heteroatoms. The summed E-state index contributed by atoms with van der Waals surface area (Å²) in [5.74, 6) is 0.0346. The van der Waals surface area contributed by atoms with Crippen LogP contribution in [-0.2, 0) is 9.59 Å². The Labute approximate surface area is 107 Å². The van der Waals surface area contributed by atoms with E-state index in [9.17, 15) is 9.59 Å². The monoisotopic (exact) mass is 246 g/mol. The average Bonchev–Trinajstić information content (AvgIpc) is 2.42. The highest BCUT2D eigenvalue weighted by molar-refractivity contribution is 5.76. The van der Waals surface area contributed by atoms with Gasteiger partial charge in [-0.05, 0) is 23.8 Å². The van der Waals surface area contributed by atoms with Gasteiger partial charge < -0.3 is 10.2 Å². The van der Waals surface area contributed by atoms with Gasteiger partial charge >= 0.3 is 0 Å². The van der Waals surface area contributed by atoms with Gasteiger partial charge in [-0.2, -0.15) is 0 Å². The molecule has 0 saturated heterocycles. The van der Waals surface area contributed by atoms with Crippen molar-refractivity contribution in [3.05, 3.63) is 35.9 Å². The number of benzene rings is 1. The fraction of sp³-hybridized carbons (Fsp3) is 0.286. The molecule has 0 spiro atoms. The first-order valence-corrected chi connectivity index (χ1v) is 5.81. The molecule has 1 aromatic rings. The maximum absolute atomic E-state index is 11.1. The molecular formula is C14H18N2O2. The SMILES string of the molecule is CNC(=O)CCN(C)c1ccc(/C=C/C=O)cc1. The van der Waals surface area contributed by atoms with E-state index in [1.54, 1.807) is 13.1 Å². The van der Waals surface area contributed by atoms with Gasteiger partial charge in [0.25, 0.3) is 0 Å². The van der Waals surface area contributed by atoms with Crippen molar-refractivity contribution in [1.29, 1.82) is 0 Å². The van der Waals surface area contributed by atoms with Crippen molar-refractivity contribution in [3.8, 4) is 0 Å². The van der Waals surface area contributed by atoms with Crippen LogP contribution in [0.25, 0.3) is 6.08 Å². The van der Waals surface area contributed by atoms with Gasteiger partial charge in [0, 0.05) is 32.7 Å². The number of rotatable bonds is 6. The number of anilines is 1. The van der Waals surface area contributed by atoms with Crippen LogP contribution >= 0.6 is 0 Å². The van der Waals surface area contributed by atoms with Crippen molar-refractivity contribution >= 4 is 24.0 Å². The number of hydrogen-bond donors (Lipinski definition) is 1. The molecule has 0 aliphatic carbocycles. The fourth-order valence-electron chi connectivity index (χ4n) is 1.51. The molecule has 0 aromatic heterocycles. The van der Waals surface area contributed by atoms with Gasteiger partial charge in [-0.25, -0.2) is 0 Å². The van der Waals surface area contributed by atoms with Crippen LogP contribution in [0, 0.1) is 0 Å². The number of amides is 1. The highest BCUT2D eigenvalue weighted by Gasteiger charge is 2.03. The first kappa shape index (κ1) is 14.0. The lowest BCUT2D eigenvalue weighted by Crippen LogP contribution is -2.26. The molecule has 1 rings (SSSR count). The van der Waals surface area contributed by atoms with Crippen LogP contribution in [-0.4, -0.2) is 32.8 Å². The smallest absolute Gasteiger partial charge is 0.221 e. The molecule has 0 aliphatic rings. The lowest BCUT2D eigenvalue weighted by molar-refractivity contribution is -0.120. The quantitative estimate of drug-likeness (QED) is 0.611. The topological polar surface area (TPSA) is 49.4 Å². The Balaban J connectivity index is 2.58. The van der Waals surface area contributed by atoms with Crippen molar-refractivity contribution in [2.75, 3.05) is 25.5 Å². The van der Waals surface area contributed by atoms with Crippen LogP contribution in [0.1, 0.15) is 12.0 Å². The van der Waals surface area contributed by atoms with Gasteiger partial charge in [-0.3, -0.25) is 9.59 Å². The third-order valence-electron chi connectivity index (χ3n) is 2.65. The van der Waals surface area contributed by atoms with Gasteiger partial charge in [0.05, 0.1) is 0 Å². The lowest BCUT2D eigenvalue weighted by atomic mass is 10.2. The van der Waals surface area contributed by atoms with E-state index in [1.165, 1.54) is 6.08 Å². The first-order valence-electron chi connectivity index (χ1n) is 5.81. The molecule has 0 atom stereocenters. The molecule has 1 aromatic carbocycles. The molecule has 0 bridgehead atoms. The average molecular weight is 246 g/mol. The molecule has 1 amide bonds. The van der Waals surface area contributed by atoms with Crippen LogP contribution in [0.2, 0.25) is 0 Å². The van der Waals surface area contributed by atoms with E-state index in [0.29, 0.717) is 13.0 Å². The second kappa shape index (κ2) is 7.27. The Hall–Kier alpha value is -2.10. The summed E-state index contributed by atoms with van der Waals surface area (Å²) in [6, 6.07) is 7.81. The number of aldehydes is 1. The summed E-state index contributed by atoms with van der Waals surface area (Å²) < 4.78 is 0. The van der Waals surface area contributed by atoms with Crippen molar-refractivity contribution < 1.29 is 9.59 Å². The molecule has 96 valence electrons. The minimum Gasteiger partial charge on any atom is -0.374 e. The van der Waals surface area contributed by atoms with E-state index >= 15 is 0 Å². The van der Waals surface area contributed by atoms with E-state index in [1.807, 2.05) is 36.2 Å². The summed E-state index contributed by atoms with van der Waals surface area (Å²) in [6.45, 7) is 0.670. The molecule has 0 saturated carbocycles. The van der Waals surface area contributed by atoms with Gasteiger partial charge in [0.15, 0.2) is 0 Å². The fourth-order valence-corrected chi connectivity index (χ4v) is 1.51. The number of allylic oxidation sites excluding steroid dienone is 1. The summed E-state index contributed by atoms with van der Waals surface area (Å²) in [5, 5.41) is 2.60. The second-order valence-corrected chi connectivity index (χ2v) is 3.93. The molecule has 0 radical (unpaired) electrons. The summed E-state index contributed by atoms with van der Waals surface area (Å²) in [7, 11) is 3.58. The van der Waals surface area contributed by atoms with Gasteiger partial charge in [-0.15, -0.1) is 0 Å². The zero-order valence-corrected chi connectivity index (χ0v) is 10.7. The standard InChI is InChI=1S/C14H18N2O2/c1-15-14(18)9-10-16(2)13-7-5-12(6-8-13)4-3-11-17/h3-8,11H,9-10H2,1-2H3,(H,15,18)/b4-3+. The summed E-state index contributed by atoms with van der Waals surface area (Å²) in [4.78, 5) is 23.4. The van der Waals surface area contributed by atoms with Crippen molar-refractivity contribution in [2.45, 2.75) is 6.42 Å². The third kappa shape index (κ3) is 4.41. The molecular weight excluding hydrogens is 228 g/mol. The number of carbonyl (C=O) groups excluding carboxylic acids is 2. The molecule has 0 aliphatic heterocycles. The van der Waals surface area contributed by atoms with E-state index in [4.69, 9.17) is 0 Å². The second-order valence-electron chi connectivity index (χ2n) is 3.93. The predicted octanol–water partition coefficient (Wildman–Crippen LogP) is 1.47. The third-order valence-corrected chi connectivity index (χ3v) is 2.65. The van der Waals surface area contributed by atoms with E-state index in [-0.39, 0.29) is 5.91 Å². The highest BCUT2D eigenvalue weighted by atomic mass is 16.1. The molecule has 18 heavy (non-hydrogen) atoms. The Morgan fingerprint density at radius 3 is 2.56 bits per heavy atom. The van der Waals surface area contributed by atoms with E-state index in [2.05, 4.69) is 5.32 Å². The summed E-state index contributed by atoms with van der Waals surface area (Å²) >= 11 is 0. The maximum Gasteiger partial charge on any atom is 0.221 e. The molecule has 0 unspecified atom stereocenters. The molecule has 1 N–H and O–H groups in total. The van der Waals surface area contributed by atoms with Gasteiger partial charge in [0.1, 0.15) is 6.29 Å². The summed E-state index contributed by atoms with van der Waals surface area (Å²) in [5.41, 5.74) is 2.02. The maximum atomic E-state index is 11.1. The van der Waals surface area contributed by atoms with E-state index < -0.39 is 0 Å². The number of carbonyl (C=O) groups is 2. The molecule has 4 nitrogen and oxygen atoms in total. The Bertz CT molecular complexity index is 424. The van der Waals surface area contributed by atoms with Gasteiger partial charge in [0.2, 0.25) is 5.91 Å². The minimum atomic E-state index is 0.0346. The number of hydrogen-bond acceptors (Lipinski definition) is 3. The van der Waals surface area contributed by atoms with Crippen molar-refractivity contribution in [3.63, 3.8) is 0 Å². The van der Waals surface area contributed by atoms with E-state index in [0.717, 1.165) is 17.5 Å². The van der Waals surface area contributed by atoms with Crippen LogP contribution in [0.3, 0.4) is 0 Å².